The van der Waals surface area contributed by atoms with Crippen LogP contribution in [-0.4, -0.2) is 23.3 Å². The Bertz CT molecular complexity index is 871. The first kappa shape index (κ1) is 15.7. The molecule has 0 amide bonds. The van der Waals surface area contributed by atoms with E-state index >= 15 is 0 Å². The molecule has 0 spiro atoms. The molecule has 0 saturated carbocycles. The van der Waals surface area contributed by atoms with Crippen molar-refractivity contribution in [2.45, 2.75) is 6.92 Å². The number of nitrogens with zero attached hydrogens (tertiary/aromatic N) is 2. The first-order valence-corrected chi connectivity index (χ1v) is 7.69. The van der Waals surface area contributed by atoms with Crippen molar-refractivity contribution in [3.05, 3.63) is 72.4 Å². The highest BCUT2D eigenvalue weighted by atomic mass is 16.5. The lowest BCUT2D eigenvalue weighted by molar-refractivity contribution is -0.134. The molecular formula is C19H17N3O2. The summed E-state index contributed by atoms with van der Waals surface area (Å²) in [5, 5.41) is 5.28. The molecule has 0 radical (unpaired) electrons. The second-order valence-corrected chi connectivity index (χ2v) is 5.04. The first-order chi connectivity index (χ1) is 11.8. The molecule has 0 unspecified atom stereocenters. The molecule has 5 heteroatoms. The van der Waals surface area contributed by atoms with Crippen LogP contribution in [0.1, 0.15) is 12.5 Å². The minimum Gasteiger partial charge on any atom is -0.461 e. The number of fused-ring (bicyclic) bond motifs is 1. The summed E-state index contributed by atoms with van der Waals surface area (Å²) < 4.78 is 5.11. The van der Waals surface area contributed by atoms with E-state index in [1.807, 2.05) is 60.7 Å². The van der Waals surface area contributed by atoms with Gasteiger partial charge in [0.05, 0.1) is 17.8 Å². The Morgan fingerprint density at radius 3 is 2.67 bits per heavy atom. The summed E-state index contributed by atoms with van der Waals surface area (Å²) in [6.07, 6.45) is 1.72. The number of aromatic nitrogens is 1. The molecule has 120 valence electrons. The Kier molecular flexibility index (Phi) is 4.81. The topological polar surface area (TPSA) is 63.6 Å². The van der Waals surface area contributed by atoms with E-state index in [0.717, 1.165) is 16.6 Å². The number of hydrogen-bond acceptors (Lipinski definition) is 5. The number of carbonyl (C=O) groups is 1. The van der Waals surface area contributed by atoms with Gasteiger partial charge in [0.25, 0.3) is 0 Å². The molecule has 0 atom stereocenters. The van der Waals surface area contributed by atoms with Gasteiger partial charge in [-0.2, -0.15) is 5.10 Å². The Hall–Kier alpha value is -3.21. The average Bonchev–Trinajstić information content (AvgIpc) is 2.63. The van der Waals surface area contributed by atoms with Gasteiger partial charge in [-0.15, -0.1) is 0 Å². The van der Waals surface area contributed by atoms with E-state index in [1.165, 1.54) is 0 Å². The third-order valence-electron chi connectivity index (χ3n) is 3.44. The molecule has 0 bridgehead atoms. The lowest BCUT2D eigenvalue weighted by atomic mass is 10.1. The summed E-state index contributed by atoms with van der Waals surface area (Å²) in [7, 11) is 0. The van der Waals surface area contributed by atoms with Gasteiger partial charge < -0.3 is 4.74 Å². The lowest BCUT2D eigenvalue weighted by Crippen LogP contribution is -2.20. The van der Waals surface area contributed by atoms with E-state index < -0.39 is 5.97 Å². The zero-order valence-electron chi connectivity index (χ0n) is 13.3. The van der Waals surface area contributed by atoms with E-state index in [2.05, 4.69) is 15.5 Å². The largest absolute Gasteiger partial charge is 0.461 e. The van der Waals surface area contributed by atoms with Crippen LogP contribution in [-0.2, 0) is 9.53 Å². The van der Waals surface area contributed by atoms with Crippen molar-refractivity contribution in [2.24, 2.45) is 5.10 Å². The standard InChI is InChI=1S/C19H17N3O2/c1-2-24-19(23)18(15-8-4-3-5-9-15)22-21-16-12-6-10-14-11-7-13-20-17(14)16/h3-13,21H,2H2,1H3/b22-18-. The van der Waals surface area contributed by atoms with Crippen LogP contribution in [0.15, 0.2) is 72.0 Å². The molecule has 0 fully saturated rings. The van der Waals surface area contributed by atoms with Crippen LogP contribution in [0.4, 0.5) is 5.69 Å². The van der Waals surface area contributed by atoms with Crippen molar-refractivity contribution in [1.82, 2.24) is 4.98 Å². The van der Waals surface area contributed by atoms with E-state index in [9.17, 15) is 4.79 Å². The van der Waals surface area contributed by atoms with Gasteiger partial charge in [0.1, 0.15) is 0 Å². The van der Waals surface area contributed by atoms with E-state index in [1.54, 1.807) is 13.1 Å². The summed E-state index contributed by atoms with van der Waals surface area (Å²) in [6.45, 7) is 2.06. The predicted molar refractivity (Wildman–Crippen MR) is 95.0 cm³/mol. The van der Waals surface area contributed by atoms with Crippen molar-refractivity contribution < 1.29 is 9.53 Å². The number of para-hydroxylation sites is 1. The lowest BCUT2D eigenvalue weighted by Gasteiger charge is -2.08. The summed E-state index contributed by atoms with van der Waals surface area (Å²) in [5.41, 5.74) is 5.39. The first-order valence-electron chi connectivity index (χ1n) is 7.69. The highest BCUT2D eigenvalue weighted by Gasteiger charge is 2.15. The number of hydrogen-bond donors (Lipinski definition) is 1. The maximum atomic E-state index is 12.2. The molecule has 2 aromatic carbocycles. The number of anilines is 1. The fraction of sp³-hybridized carbons (Fsp3) is 0.105. The summed E-state index contributed by atoms with van der Waals surface area (Å²) in [5.74, 6) is -0.468. The van der Waals surface area contributed by atoms with Crippen LogP contribution in [0.25, 0.3) is 10.9 Å². The normalized spacial score (nSPS) is 11.3. The molecule has 0 saturated heterocycles. The van der Waals surface area contributed by atoms with E-state index in [4.69, 9.17) is 4.74 Å². The van der Waals surface area contributed by atoms with Crippen LogP contribution >= 0.6 is 0 Å². The second kappa shape index (κ2) is 7.37. The molecule has 0 aliphatic rings. The molecule has 1 heterocycles. The minimum atomic E-state index is -0.468. The molecule has 1 N–H and O–H groups in total. The Morgan fingerprint density at radius 1 is 1.08 bits per heavy atom. The van der Waals surface area contributed by atoms with Crippen LogP contribution in [0.2, 0.25) is 0 Å². The van der Waals surface area contributed by atoms with Gasteiger partial charge in [-0.05, 0) is 19.1 Å². The van der Waals surface area contributed by atoms with Gasteiger partial charge in [-0.3, -0.25) is 10.4 Å². The molecule has 5 nitrogen and oxygen atoms in total. The number of carbonyl (C=O) groups excluding carboxylic acids is 1. The van der Waals surface area contributed by atoms with Crippen LogP contribution in [0.5, 0.6) is 0 Å². The smallest absolute Gasteiger partial charge is 0.359 e. The fourth-order valence-electron chi connectivity index (χ4n) is 2.33. The number of nitrogens with one attached hydrogen (secondary N) is 1. The Balaban J connectivity index is 1.97. The fourth-order valence-corrected chi connectivity index (χ4v) is 2.33. The monoisotopic (exact) mass is 319 g/mol. The number of benzene rings is 2. The summed E-state index contributed by atoms with van der Waals surface area (Å²) in [6, 6.07) is 18.8. The second-order valence-electron chi connectivity index (χ2n) is 5.04. The molecule has 3 rings (SSSR count). The zero-order chi connectivity index (χ0) is 16.8. The number of esters is 1. The van der Waals surface area contributed by atoms with E-state index in [0.29, 0.717) is 12.2 Å². The van der Waals surface area contributed by atoms with Gasteiger partial charge in [-0.1, -0.05) is 48.5 Å². The quantitative estimate of drug-likeness (QED) is 0.443. The van der Waals surface area contributed by atoms with Crippen molar-refractivity contribution in [3.63, 3.8) is 0 Å². The molecule has 24 heavy (non-hydrogen) atoms. The summed E-state index contributed by atoms with van der Waals surface area (Å²) in [4.78, 5) is 16.6. The third kappa shape index (κ3) is 3.41. The van der Waals surface area contributed by atoms with Crippen molar-refractivity contribution in [1.29, 1.82) is 0 Å². The predicted octanol–water partition coefficient (Wildman–Crippen LogP) is 3.61. The van der Waals surface area contributed by atoms with Crippen molar-refractivity contribution in [3.8, 4) is 0 Å². The van der Waals surface area contributed by atoms with Gasteiger partial charge in [-0.25, -0.2) is 4.79 Å². The van der Waals surface area contributed by atoms with Gasteiger partial charge >= 0.3 is 5.97 Å². The van der Waals surface area contributed by atoms with Gasteiger partial charge in [0.2, 0.25) is 0 Å². The van der Waals surface area contributed by atoms with Crippen molar-refractivity contribution >= 4 is 28.3 Å². The molecule has 3 aromatic rings. The molecular weight excluding hydrogens is 302 g/mol. The van der Waals surface area contributed by atoms with Gasteiger partial charge in [0, 0.05) is 17.1 Å². The Labute approximate surface area is 140 Å². The van der Waals surface area contributed by atoms with Crippen LogP contribution in [0.3, 0.4) is 0 Å². The van der Waals surface area contributed by atoms with Crippen LogP contribution < -0.4 is 5.43 Å². The third-order valence-corrected chi connectivity index (χ3v) is 3.44. The molecule has 0 aliphatic heterocycles. The highest BCUT2D eigenvalue weighted by molar-refractivity contribution is 6.43. The van der Waals surface area contributed by atoms with Gasteiger partial charge in [0.15, 0.2) is 5.71 Å². The minimum absolute atomic E-state index is 0.227. The SMILES string of the molecule is CCOC(=O)/C(=N\Nc1cccc2cccnc12)c1ccccc1. The zero-order valence-corrected chi connectivity index (χ0v) is 13.3. The summed E-state index contributed by atoms with van der Waals surface area (Å²) >= 11 is 0. The van der Waals surface area contributed by atoms with E-state index in [-0.39, 0.29) is 5.71 Å². The molecule has 1 aromatic heterocycles. The number of hydrazone groups is 1. The molecule has 0 aliphatic carbocycles. The van der Waals surface area contributed by atoms with Crippen molar-refractivity contribution in [2.75, 3.05) is 12.0 Å². The highest BCUT2D eigenvalue weighted by Crippen LogP contribution is 2.20. The maximum absolute atomic E-state index is 12.2. The number of pyridine rings is 1. The average molecular weight is 319 g/mol. The maximum Gasteiger partial charge on any atom is 0.359 e. The van der Waals surface area contributed by atoms with Crippen LogP contribution in [0, 0.1) is 0 Å². The Morgan fingerprint density at radius 2 is 1.88 bits per heavy atom. The number of ether oxygens (including phenoxy) is 1. The number of rotatable bonds is 5.